The SMILES string of the molecule is Cc1cccc(C(=O)C[C@H](c2ccccc2)C2(Cl)C(=O)c3ccccc3C2=O)c1. The number of Topliss-reactive ketones (excluding diaryl/α,β-unsaturated/α-hetero) is 3. The molecule has 0 spiro atoms. The lowest BCUT2D eigenvalue weighted by Crippen LogP contribution is -2.42. The molecule has 0 radical (unpaired) electrons. The molecule has 0 saturated carbocycles. The number of rotatable bonds is 5. The van der Waals surface area contributed by atoms with Crippen molar-refractivity contribution in [3.8, 4) is 0 Å². The molecule has 0 unspecified atom stereocenters. The van der Waals surface area contributed by atoms with E-state index in [-0.39, 0.29) is 12.2 Å². The summed E-state index contributed by atoms with van der Waals surface area (Å²) in [5, 5.41) is 0. The summed E-state index contributed by atoms with van der Waals surface area (Å²) in [4.78, 5) is 37.8. The standard InChI is InChI=1S/C25H19ClO3/c1-16-8-7-11-18(14-16)22(27)15-21(17-9-3-2-4-10-17)25(26)23(28)19-12-5-6-13-20(19)24(25)29/h2-14,21H,15H2,1H3/t21-/m1/s1. The van der Waals surface area contributed by atoms with Crippen molar-refractivity contribution in [2.75, 3.05) is 0 Å². The van der Waals surface area contributed by atoms with Gasteiger partial charge in [0, 0.05) is 29.0 Å². The van der Waals surface area contributed by atoms with E-state index in [0.29, 0.717) is 22.3 Å². The molecule has 29 heavy (non-hydrogen) atoms. The van der Waals surface area contributed by atoms with Gasteiger partial charge >= 0.3 is 0 Å². The van der Waals surface area contributed by atoms with Gasteiger partial charge in [0.05, 0.1) is 0 Å². The average Bonchev–Trinajstić information content (AvgIpc) is 2.94. The summed E-state index contributed by atoms with van der Waals surface area (Å²) < 4.78 is 0. The molecule has 3 nitrogen and oxygen atoms in total. The van der Waals surface area contributed by atoms with Gasteiger partial charge in [0.2, 0.25) is 0 Å². The molecular formula is C25H19ClO3. The summed E-state index contributed by atoms with van der Waals surface area (Å²) in [5.41, 5.74) is 2.83. The molecule has 4 rings (SSSR count). The number of carbonyl (C=O) groups is 3. The quantitative estimate of drug-likeness (QED) is 0.326. The van der Waals surface area contributed by atoms with Crippen molar-refractivity contribution in [1.82, 2.24) is 0 Å². The van der Waals surface area contributed by atoms with E-state index in [0.717, 1.165) is 5.56 Å². The molecule has 1 aliphatic rings. The summed E-state index contributed by atoms with van der Waals surface area (Å²) in [6.07, 6.45) is -0.0393. The largest absolute Gasteiger partial charge is 0.294 e. The molecule has 0 bridgehead atoms. The van der Waals surface area contributed by atoms with Gasteiger partial charge in [0.25, 0.3) is 0 Å². The molecule has 0 saturated heterocycles. The van der Waals surface area contributed by atoms with Crippen LogP contribution in [0.25, 0.3) is 0 Å². The Morgan fingerprint density at radius 2 is 1.45 bits per heavy atom. The van der Waals surface area contributed by atoms with Gasteiger partial charge in [0.1, 0.15) is 0 Å². The highest BCUT2D eigenvalue weighted by Crippen LogP contribution is 2.46. The van der Waals surface area contributed by atoms with Crippen LogP contribution in [-0.4, -0.2) is 22.2 Å². The van der Waals surface area contributed by atoms with E-state index >= 15 is 0 Å². The number of fused-ring (bicyclic) bond motifs is 1. The van der Waals surface area contributed by atoms with Crippen LogP contribution in [0.3, 0.4) is 0 Å². The minimum atomic E-state index is -1.83. The second-order valence-electron chi connectivity index (χ2n) is 7.38. The smallest absolute Gasteiger partial charge is 0.193 e. The van der Waals surface area contributed by atoms with Gasteiger partial charge in [-0.2, -0.15) is 0 Å². The van der Waals surface area contributed by atoms with Crippen molar-refractivity contribution >= 4 is 29.0 Å². The maximum Gasteiger partial charge on any atom is 0.193 e. The van der Waals surface area contributed by atoms with E-state index in [1.165, 1.54) is 0 Å². The van der Waals surface area contributed by atoms with E-state index in [2.05, 4.69) is 0 Å². The first-order valence-electron chi connectivity index (χ1n) is 9.45. The molecular weight excluding hydrogens is 384 g/mol. The lowest BCUT2D eigenvalue weighted by atomic mass is 9.78. The van der Waals surface area contributed by atoms with Crippen LogP contribution in [0, 0.1) is 6.92 Å². The van der Waals surface area contributed by atoms with Gasteiger partial charge in [0.15, 0.2) is 22.2 Å². The van der Waals surface area contributed by atoms with Gasteiger partial charge in [-0.05, 0) is 18.6 Å². The van der Waals surface area contributed by atoms with E-state index in [1.54, 1.807) is 36.4 Å². The summed E-state index contributed by atoms with van der Waals surface area (Å²) in [6, 6.07) is 23.0. The number of halogens is 1. The third-order valence-corrected chi connectivity index (χ3v) is 6.10. The van der Waals surface area contributed by atoms with Crippen LogP contribution in [0.1, 0.15) is 54.5 Å². The van der Waals surface area contributed by atoms with Gasteiger partial charge in [-0.25, -0.2) is 0 Å². The Kier molecular flexibility index (Phi) is 4.93. The highest BCUT2D eigenvalue weighted by molar-refractivity contribution is 6.56. The van der Waals surface area contributed by atoms with Gasteiger partial charge < -0.3 is 0 Å². The fourth-order valence-electron chi connectivity index (χ4n) is 3.99. The highest BCUT2D eigenvalue weighted by Gasteiger charge is 2.57. The third-order valence-electron chi connectivity index (χ3n) is 5.49. The Morgan fingerprint density at radius 3 is 2.03 bits per heavy atom. The van der Waals surface area contributed by atoms with Crippen molar-refractivity contribution in [2.45, 2.75) is 24.1 Å². The number of aryl methyl sites for hydroxylation is 1. The molecule has 1 atom stereocenters. The predicted octanol–water partition coefficient (Wildman–Crippen LogP) is 5.41. The highest BCUT2D eigenvalue weighted by atomic mass is 35.5. The van der Waals surface area contributed by atoms with Crippen molar-refractivity contribution in [3.05, 3.63) is 107 Å². The zero-order chi connectivity index (χ0) is 20.6. The normalized spacial score (nSPS) is 15.8. The number of alkyl halides is 1. The molecule has 0 heterocycles. The minimum Gasteiger partial charge on any atom is -0.294 e. The Labute approximate surface area is 174 Å². The van der Waals surface area contributed by atoms with E-state index < -0.39 is 22.4 Å². The number of ketones is 3. The van der Waals surface area contributed by atoms with E-state index in [1.807, 2.05) is 49.4 Å². The Balaban J connectivity index is 1.79. The van der Waals surface area contributed by atoms with Crippen LogP contribution in [-0.2, 0) is 0 Å². The maximum atomic E-state index is 13.3. The Hall–Kier alpha value is -3.04. The minimum absolute atomic E-state index is 0.0393. The monoisotopic (exact) mass is 402 g/mol. The zero-order valence-electron chi connectivity index (χ0n) is 15.9. The summed E-state index contributed by atoms with van der Waals surface area (Å²) in [5.74, 6) is -1.80. The molecule has 0 amide bonds. The van der Waals surface area contributed by atoms with Crippen LogP contribution in [0.5, 0.6) is 0 Å². The number of hydrogen-bond acceptors (Lipinski definition) is 3. The van der Waals surface area contributed by atoms with Crippen molar-refractivity contribution in [2.24, 2.45) is 0 Å². The molecule has 0 aromatic heterocycles. The molecule has 3 aromatic rings. The molecule has 0 N–H and O–H groups in total. The third kappa shape index (κ3) is 3.22. The fraction of sp³-hybridized carbons (Fsp3) is 0.160. The summed E-state index contributed by atoms with van der Waals surface area (Å²) in [6.45, 7) is 1.91. The zero-order valence-corrected chi connectivity index (χ0v) is 16.6. The molecule has 4 heteroatoms. The van der Waals surface area contributed by atoms with E-state index in [4.69, 9.17) is 11.6 Å². The van der Waals surface area contributed by atoms with Crippen LogP contribution in [0.4, 0.5) is 0 Å². The Morgan fingerprint density at radius 1 is 0.862 bits per heavy atom. The van der Waals surface area contributed by atoms with Crippen LogP contribution in [0.15, 0.2) is 78.9 Å². The fourth-order valence-corrected chi connectivity index (χ4v) is 4.39. The van der Waals surface area contributed by atoms with Crippen LogP contribution in [0.2, 0.25) is 0 Å². The molecule has 0 fully saturated rings. The molecule has 1 aliphatic carbocycles. The first kappa shape index (κ1) is 19.3. The van der Waals surface area contributed by atoms with E-state index in [9.17, 15) is 14.4 Å². The lowest BCUT2D eigenvalue weighted by molar-refractivity contribution is 0.0829. The number of carbonyl (C=O) groups excluding carboxylic acids is 3. The second-order valence-corrected chi connectivity index (χ2v) is 7.97. The average molecular weight is 403 g/mol. The van der Waals surface area contributed by atoms with Crippen molar-refractivity contribution in [1.29, 1.82) is 0 Å². The Bertz CT molecular complexity index is 1080. The number of benzene rings is 3. The van der Waals surface area contributed by atoms with Gasteiger partial charge in [-0.3, -0.25) is 14.4 Å². The molecule has 0 aliphatic heterocycles. The predicted molar refractivity (Wildman–Crippen MR) is 113 cm³/mol. The second kappa shape index (κ2) is 7.41. The number of hydrogen-bond donors (Lipinski definition) is 0. The first-order chi connectivity index (χ1) is 13.9. The summed E-state index contributed by atoms with van der Waals surface area (Å²) >= 11 is 6.85. The maximum absolute atomic E-state index is 13.3. The lowest BCUT2D eigenvalue weighted by Gasteiger charge is -2.29. The van der Waals surface area contributed by atoms with Gasteiger partial charge in [-0.15, -0.1) is 11.6 Å². The van der Waals surface area contributed by atoms with Crippen LogP contribution < -0.4 is 0 Å². The summed E-state index contributed by atoms with van der Waals surface area (Å²) in [7, 11) is 0. The molecule has 3 aromatic carbocycles. The van der Waals surface area contributed by atoms with Crippen LogP contribution >= 0.6 is 11.6 Å². The van der Waals surface area contributed by atoms with Gasteiger partial charge in [-0.1, -0.05) is 78.4 Å². The topological polar surface area (TPSA) is 51.2 Å². The van der Waals surface area contributed by atoms with Crippen molar-refractivity contribution < 1.29 is 14.4 Å². The van der Waals surface area contributed by atoms with Crippen molar-refractivity contribution in [3.63, 3.8) is 0 Å². The molecule has 144 valence electrons. The first-order valence-corrected chi connectivity index (χ1v) is 9.83.